The van der Waals surface area contributed by atoms with Crippen LogP contribution in [0.4, 0.5) is 0 Å². The van der Waals surface area contributed by atoms with Crippen LogP contribution in [0.25, 0.3) is 0 Å². The third-order valence-electron chi connectivity index (χ3n) is 4.39. The van der Waals surface area contributed by atoms with Gasteiger partial charge in [0.25, 0.3) is 0 Å². The quantitative estimate of drug-likeness (QED) is 0.877. The van der Waals surface area contributed by atoms with E-state index >= 15 is 0 Å². The first-order valence-electron chi connectivity index (χ1n) is 8.18. The number of carbonyl (C=O) groups excluding carboxylic acids is 1. The largest absolute Gasteiger partial charge is 0.497 e. The van der Waals surface area contributed by atoms with Gasteiger partial charge in [0.15, 0.2) is 0 Å². The molecule has 0 spiro atoms. The molecule has 1 aromatic carbocycles. The van der Waals surface area contributed by atoms with Crippen LogP contribution in [0.15, 0.2) is 24.3 Å². The minimum absolute atomic E-state index is 0.208. The van der Waals surface area contributed by atoms with Gasteiger partial charge in [0, 0.05) is 19.5 Å². The standard InChI is InChI=1S/C18H28N2O2/c1-14(12-15-4-6-17(22-3)7-5-15)13-20(2)18(21)16-8-10-19-11-9-16/h4-7,14,16,19H,8-13H2,1-3H3. The molecule has 4 nitrogen and oxygen atoms in total. The van der Waals surface area contributed by atoms with Crippen molar-refractivity contribution < 1.29 is 9.53 Å². The van der Waals surface area contributed by atoms with E-state index in [1.54, 1.807) is 7.11 Å². The van der Waals surface area contributed by atoms with E-state index in [9.17, 15) is 4.79 Å². The van der Waals surface area contributed by atoms with Crippen molar-refractivity contribution in [1.29, 1.82) is 0 Å². The van der Waals surface area contributed by atoms with Crippen molar-refractivity contribution in [2.45, 2.75) is 26.2 Å². The summed E-state index contributed by atoms with van der Waals surface area (Å²) in [6, 6.07) is 8.19. The smallest absolute Gasteiger partial charge is 0.225 e. The Labute approximate surface area is 133 Å². The van der Waals surface area contributed by atoms with Gasteiger partial charge in [0.2, 0.25) is 5.91 Å². The second-order valence-electron chi connectivity index (χ2n) is 6.40. The average Bonchev–Trinajstić information content (AvgIpc) is 2.55. The molecule has 0 radical (unpaired) electrons. The van der Waals surface area contributed by atoms with Gasteiger partial charge in [-0.05, 0) is 56.0 Å². The Bertz CT molecular complexity index is 466. The van der Waals surface area contributed by atoms with Gasteiger partial charge in [-0.15, -0.1) is 0 Å². The first kappa shape index (κ1) is 16.8. The summed E-state index contributed by atoms with van der Waals surface area (Å²) in [5.74, 6) is 1.85. The summed E-state index contributed by atoms with van der Waals surface area (Å²) in [5, 5.41) is 3.31. The van der Waals surface area contributed by atoms with Gasteiger partial charge in [0.1, 0.15) is 5.75 Å². The van der Waals surface area contributed by atoms with Crippen molar-refractivity contribution in [3.8, 4) is 5.75 Å². The zero-order valence-corrected chi connectivity index (χ0v) is 14.0. The number of rotatable bonds is 6. The maximum absolute atomic E-state index is 12.5. The van der Waals surface area contributed by atoms with E-state index in [-0.39, 0.29) is 5.92 Å². The highest BCUT2D eigenvalue weighted by molar-refractivity contribution is 5.78. The number of methoxy groups -OCH3 is 1. The van der Waals surface area contributed by atoms with Gasteiger partial charge < -0.3 is 15.0 Å². The Morgan fingerprint density at radius 3 is 2.55 bits per heavy atom. The van der Waals surface area contributed by atoms with Crippen LogP contribution < -0.4 is 10.1 Å². The molecule has 1 fully saturated rings. The third-order valence-corrected chi connectivity index (χ3v) is 4.39. The van der Waals surface area contributed by atoms with Crippen molar-refractivity contribution in [3.05, 3.63) is 29.8 Å². The Kier molecular flexibility index (Phi) is 6.25. The molecule has 2 rings (SSSR count). The summed E-state index contributed by atoms with van der Waals surface area (Å²) < 4.78 is 5.18. The maximum atomic E-state index is 12.5. The number of benzene rings is 1. The molecule has 0 aliphatic carbocycles. The molecule has 1 aliphatic heterocycles. The van der Waals surface area contributed by atoms with Crippen molar-refractivity contribution in [2.24, 2.45) is 11.8 Å². The predicted octanol–water partition coefficient (Wildman–Crippen LogP) is 2.33. The fraction of sp³-hybridized carbons (Fsp3) is 0.611. The zero-order valence-electron chi connectivity index (χ0n) is 14.0. The monoisotopic (exact) mass is 304 g/mol. The molecular formula is C18H28N2O2. The Balaban J connectivity index is 1.81. The zero-order chi connectivity index (χ0) is 15.9. The third kappa shape index (κ3) is 4.73. The van der Waals surface area contributed by atoms with Crippen molar-refractivity contribution in [1.82, 2.24) is 10.2 Å². The van der Waals surface area contributed by atoms with Crippen LogP contribution in [0.3, 0.4) is 0 Å². The van der Waals surface area contributed by atoms with Gasteiger partial charge in [-0.25, -0.2) is 0 Å². The molecule has 1 N–H and O–H groups in total. The van der Waals surface area contributed by atoms with E-state index in [1.165, 1.54) is 5.56 Å². The lowest BCUT2D eigenvalue weighted by Crippen LogP contribution is -2.40. The number of nitrogens with zero attached hydrogens (tertiary/aromatic N) is 1. The van der Waals surface area contributed by atoms with E-state index in [4.69, 9.17) is 4.74 Å². The maximum Gasteiger partial charge on any atom is 0.225 e. The van der Waals surface area contributed by atoms with Crippen LogP contribution in [0.2, 0.25) is 0 Å². The van der Waals surface area contributed by atoms with Crippen LogP contribution in [0, 0.1) is 11.8 Å². The number of nitrogens with one attached hydrogen (secondary N) is 1. The van der Waals surface area contributed by atoms with Crippen LogP contribution in [-0.2, 0) is 11.2 Å². The number of carbonyl (C=O) groups is 1. The van der Waals surface area contributed by atoms with E-state index in [0.29, 0.717) is 11.8 Å². The molecule has 1 heterocycles. The van der Waals surface area contributed by atoms with Crippen LogP contribution >= 0.6 is 0 Å². The minimum Gasteiger partial charge on any atom is -0.497 e. The number of hydrogen-bond donors (Lipinski definition) is 1. The molecule has 1 unspecified atom stereocenters. The molecule has 0 saturated carbocycles. The predicted molar refractivity (Wildman–Crippen MR) is 89.1 cm³/mol. The second-order valence-corrected chi connectivity index (χ2v) is 6.40. The van der Waals surface area contributed by atoms with Gasteiger partial charge in [-0.3, -0.25) is 4.79 Å². The molecule has 1 saturated heterocycles. The van der Waals surface area contributed by atoms with Crippen molar-refractivity contribution in [3.63, 3.8) is 0 Å². The molecular weight excluding hydrogens is 276 g/mol. The molecule has 1 amide bonds. The van der Waals surface area contributed by atoms with Gasteiger partial charge in [0.05, 0.1) is 7.11 Å². The fourth-order valence-corrected chi connectivity index (χ4v) is 3.17. The van der Waals surface area contributed by atoms with Crippen LogP contribution in [-0.4, -0.2) is 44.6 Å². The summed E-state index contributed by atoms with van der Waals surface area (Å²) in [5.41, 5.74) is 1.29. The van der Waals surface area contributed by atoms with Crippen molar-refractivity contribution >= 4 is 5.91 Å². The normalized spacial score (nSPS) is 17.0. The molecule has 122 valence electrons. The fourth-order valence-electron chi connectivity index (χ4n) is 3.17. The van der Waals surface area contributed by atoms with Gasteiger partial charge >= 0.3 is 0 Å². The van der Waals surface area contributed by atoms with E-state index in [2.05, 4.69) is 24.4 Å². The van der Waals surface area contributed by atoms with Crippen LogP contribution in [0.1, 0.15) is 25.3 Å². The first-order chi connectivity index (χ1) is 10.6. The highest BCUT2D eigenvalue weighted by Gasteiger charge is 2.24. The molecule has 1 aliphatic rings. The lowest BCUT2D eigenvalue weighted by molar-refractivity contribution is -0.135. The van der Waals surface area contributed by atoms with Crippen molar-refractivity contribution in [2.75, 3.05) is 33.8 Å². The van der Waals surface area contributed by atoms with Gasteiger partial charge in [-0.2, -0.15) is 0 Å². The first-order valence-corrected chi connectivity index (χ1v) is 8.18. The van der Waals surface area contributed by atoms with E-state index in [1.807, 2.05) is 24.1 Å². The summed E-state index contributed by atoms with van der Waals surface area (Å²) >= 11 is 0. The van der Waals surface area contributed by atoms with E-state index < -0.39 is 0 Å². The molecule has 1 aromatic rings. The summed E-state index contributed by atoms with van der Waals surface area (Å²) in [6.07, 6.45) is 2.92. The van der Waals surface area contributed by atoms with Gasteiger partial charge in [-0.1, -0.05) is 19.1 Å². The minimum atomic E-state index is 0.208. The summed E-state index contributed by atoms with van der Waals surface area (Å²) in [6.45, 7) is 4.95. The van der Waals surface area contributed by atoms with E-state index in [0.717, 1.165) is 44.6 Å². The Morgan fingerprint density at radius 1 is 1.32 bits per heavy atom. The molecule has 4 heteroatoms. The average molecular weight is 304 g/mol. The topological polar surface area (TPSA) is 41.6 Å². The lowest BCUT2D eigenvalue weighted by Gasteiger charge is -2.28. The molecule has 1 atom stereocenters. The Morgan fingerprint density at radius 2 is 1.95 bits per heavy atom. The van der Waals surface area contributed by atoms with Crippen LogP contribution in [0.5, 0.6) is 5.75 Å². The number of ether oxygens (including phenoxy) is 1. The molecule has 0 bridgehead atoms. The summed E-state index contributed by atoms with van der Waals surface area (Å²) in [7, 11) is 3.62. The number of piperidine rings is 1. The molecule has 22 heavy (non-hydrogen) atoms. The SMILES string of the molecule is COc1ccc(CC(C)CN(C)C(=O)C2CCNCC2)cc1. The lowest BCUT2D eigenvalue weighted by atomic mass is 9.95. The number of hydrogen-bond acceptors (Lipinski definition) is 3. The summed E-state index contributed by atoms with van der Waals surface area (Å²) in [4.78, 5) is 14.4. The Hall–Kier alpha value is -1.55. The highest BCUT2D eigenvalue weighted by atomic mass is 16.5. The molecule has 0 aromatic heterocycles. The highest BCUT2D eigenvalue weighted by Crippen LogP contribution is 2.18. The number of amides is 1. The second kappa shape index (κ2) is 8.18.